The normalized spacial score (nSPS) is 10.4. The molecule has 2 nitrogen and oxygen atoms in total. The molecule has 92 valence electrons. The van der Waals surface area contributed by atoms with Crippen molar-refractivity contribution in [1.82, 2.24) is 0 Å². The zero-order valence-corrected chi connectivity index (χ0v) is 11.1. The van der Waals surface area contributed by atoms with E-state index >= 15 is 0 Å². The molecule has 3 heteroatoms. The summed E-state index contributed by atoms with van der Waals surface area (Å²) in [4.78, 5) is 12.0. The first kappa shape index (κ1) is 12.9. The Labute approximate surface area is 112 Å². The molecule has 2 aromatic rings. The van der Waals surface area contributed by atoms with Gasteiger partial charge in [0, 0.05) is 22.6 Å². The lowest BCUT2D eigenvalue weighted by Crippen LogP contribution is -2.02. The fourth-order valence-corrected chi connectivity index (χ4v) is 2.51. The molecule has 0 heterocycles. The average molecular weight is 257 g/mol. The first-order valence-corrected chi connectivity index (χ1v) is 6.20. The number of aryl methyl sites for hydroxylation is 1. The van der Waals surface area contributed by atoms with Gasteiger partial charge in [-0.15, -0.1) is 12.6 Å². The number of aldehydes is 1. The van der Waals surface area contributed by atoms with Gasteiger partial charge in [0.2, 0.25) is 0 Å². The first-order chi connectivity index (χ1) is 8.69. The summed E-state index contributed by atoms with van der Waals surface area (Å²) in [6.45, 7) is 2.46. The van der Waals surface area contributed by atoms with Gasteiger partial charge in [-0.05, 0) is 29.7 Å². The fourth-order valence-electron chi connectivity index (χ4n) is 2.18. The molecule has 0 aliphatic carbocycles. The minimum Gasteiger partial charge on any atom is -0.326 e. The summed E-state index contributed by atoms with van der Waals surface area (Å²) in [5, 5.41) is 0. The van der Waals surface area contributed by atoms with Crippen LogP contribution in [0.1, 0.15) is 21.5 Å². The van der Waals surface area contributed by atoms with Crippen molar-refractivity contribution in [3.05, 3.63) is 53.1 Å². The van der Waals surface area contributed by atoms with Crippen molar-refractivity contribution >= 4 is 18.9 Å². The van der Waals surface area contributed by atoms with E-state index in [1.165, 1.54) is 0 Å². The number of nitrogens with two attached hydrogens (primary N) is 1. The largest absolute Gasteiger partial charge is 0.326 e. The highest BCUT2D eigenvalue weighted by atomic mass is 32.1. The molecular weight excluding hydrogens is 242 g/mol. The van der Waals surface area contributed by atoms with E-state index in [0.717, 1.165) is 33.4 Å². The molecule has 18 heavy (non-hydrogen) atoms. The van der Waals surface area contributed by atoms with Crippen LogP contribution in [0, 0.1) is 6.92 Å². The smallest absolute Gasteiger partial charge is 0.150 e. The monoisotopic (exact) mass is 257 g/mol. The van der Waals surface area contributed by atoms with Gasteiger partial charge in [0.25, 0.3) is 0 Å². The molecule has 2 rings (SSSR count). The number of carbonyl (C=O) groups is 1. The van der Waals surface area contributed by atoms with Crippen molar-refractivity contribution in [2.75, 3.05) is 0 Å². The van der Waals surface area contributed by atoms with E-state index in [0.29, 0.717) is 12.1 Å². The lowest BCUT2D eigenvalue weighted by Gasteiger charge is -2.15. The standard InChI is InChI=1S/C15H15NOS/c1-10-4-2-5-11(8-16)14(10)15-12(9-17)6-3-7-13(15)18/h2-7,9,18H,8,16H2,1H3. The molecule has 2 N–H and O–H groups in total. The van der Waals surface area contributed by atoms with Crippen molar-refractivity contribution < 1.29 is 4.79 Å². The molecule has 0 bridgehead atoms. The fraction of sp³-hybridized carbons (Fsp3) is 0.133. The van der Waals surface area contributed by atoms with Crippen LogP contribution in [-0.2, 0) is 6.54 Å². The van der Waals surface area contributed by atoms with E-state index in [-0.39, 0.29) is 0 Å². The molecule has 0 saturated heterocycles. The van der Waals surface area contributed by atoms with E-state index in [1.54, 1.807) is 6.07 Å². The second kappa shape index (κ2) is 5.38. The van der Waals surface area contributed by atoms with Crippen LogP contribution in [0.4, 0.5) is 0 Å². The SMILES string of the molecule is Cc1cccc(CN)c1-c1c(S)cccc1C=O. The highest BCUT2D eigenvalue weighted by Crippen LogP contribution is 2.34. The van der Waals surface area contributed by atoms with E-state index < -0.39 is 0 Å². The van der Waals surface area contributed by atoms with Gasteiger partial charge in [-0.25, -0.2) is 0 Å². The average Bonchev–Trinajstić information content (AvgIpc) is 2.38. The lowest BCUT2D eigenvalue weighted by molar-refractivity contribution is 0.112. The highest BCUT2D eigenvalue weighted by molar-refractivity contribution is 7.80. The van der Waals surface area contributed by atoms with Gasteiger partial charge < -0.3 is 5.73 Å². The van der Waals surface area contributed by atoms with Crippen LogP contribution in [0.2, 0.25) is 0 Å². The second-order valence-electron chi connectivity index (χ2n) is 4.17. The van der Waals surface area contributed by atoms with Gasteiger partial charge in [0.15, 0.2) is 6.29 Å². The number of thiol groups is 1. The molecule has 0 radical (unpaired) electrons. The Balaban J connectivity index is 2.80. The number of carbonyl (C=O) groups excluding carboxylic acids is 1. The molecule has 0 amide bonds. The molecule has 0 saturated carbocycles. The Bertz CT molecular complexity index is 593. The molecule has 0 unspecified atom stereocenters. The van der Waals surface area contributed by atoms with Gasteiger partial charge in [-0.3, -0.25) is 4.79 Å². The molecule has 0 aliphatic rings. The Morgan fingerprint density at radius 2 is 1.89 bits per heavy atom. The summed E-state index contributed by atoms with van der Waals surface area (Å²) in [5.74, 6) is 0. The number of hydrogen-bond acceptors (Lipinski definition) is 3. The Hall–Kier alpha value is -1.58. The molecule has 0 aliphatic heterocycles. The number of benzene rings is 2. The third-order valence-corrected chi connectivity index (χ3v) is 3.40. The van der Waals surface area contributed by atoms with Crippen LogP contribution in [0.15, 0.2) is 41.3 Å². The minimum absolute atomic E-state index is 0.442. The maximum Gasteiger partial charge on any atom is 0.150 e. The molecular formula is C15H15NOS. The predicted octanol–water partition coefficient (Wildman–Crippen LogP) is 3.22. The molecule has 0 atom stereocenters. The van der Waals surface area contributed by atoms with Gasteiger partial charge in [0.1, 0.15) is 0 Å². The van der Waals surface area contributed by atoms with Crippen LogP contribution < -0.4 is 5.73 Å². The van der Waals surface area contributed by atoms with E-state index in [4.69, 9.17) is 5.73 Å². The van der Waals surface area contributed by atoms with Crippen molar-refractivity contribution in [1.29, 1.82) is 0 Å². The third kappa shape index (κ3) is 2.19. The van der Waals surface area contributed by atoms with Crippen LogP contribution in [0.25, 0.3) is 11.1 Å². The van der Waals surface area contributed by atoms with Crippen molar-refractivity contribution in [3.63, 3.8) is 0 Å². The Morgan fingerprint density at radius 1 is 1.17 bits per heavy atom. The van der Waals surface area contributed by atoms with Gasteiger partial charge in [0.05, 0.1) is 0 Å². The summed E-state index contributed by atoms with van der Waals surface area (Å²) >= 11 is 4.47. The maximum absolute atomic E-state index is 11.2. The zero-order chi connectivity index (χ0) is 13.1. The van der Waals surface area contributed by atoms with Crippen molar-refractivity contribution in [3.8, 4) is 11.1 Å². The Kier molecular flexibility index (Phi) is 3.84. The summed E-state index contributed by atoms with van der Waals surface area (Å²) in [5.41, 5.74) is 10.4. The molecule has 0 aromatic heterocycles. The molecule has 2 aromatic carbocycles. The quantitative estimate of drug-likeness (QED) is 0.655. The summed E-state index contributed by atoms with van der Waals surface area (Å²) < 4.78 is 0. The molecule has 0 fully saturated rings. The van der Waals surface area contributed by atoms with Crippen LogP contribution in [0.5, 0.6) is 0 Å². The topological polar surface area (TPSA) is 43.1 Å². The highest BCUT2D eigenvalue weighted by Gasteiger charge is 2.13. The van der Waals surface area contributed by atoms with Crippen LogP contribution >= 0.6 is 12.6 Å². The summed E-state index contributed by atoms with van der Waals surface area (Å²) in [6, 6.07) is 11.5. The Morgan fingerprint density at radius 3 is 2.56 bits per heavy atom. The van der Waals surface area contributed by atoms with Gasteiger partial charge in [-0.1, -0.05) is 30.3 Å². The number of hydrogen-bond donors (Lipinski definition) is 2. The van der Waals surface area contributed by atoms with E-state index in [9.17, 15) is 4.79 Å². The third-order valence-electron chi connectivity index (χ3n) is 3.03. The maximum atomic E-state index is 11.2. The van der Waals surface area contributed by atoms with Crippen LogP contribution in [0.3, 0.4) is 0 Å². The zero-order valence-electron chi connectivity index (χ0n) is 10.2. The number of rotatable bonds is 3. The van der Waals surface area contributed by atoms with Gasteiger partial charge in [-0.2, -0.15) is 0 Å². The van der Waals surface area contributed by atoms with Crippen molar-refractivity contribution in [2.24, 2.45) is 5.73 Å². The van der Waals surface area contributed by atoms with Gasteiger partial charge >= 0.3 is 0 Å². The van der Waals surface area contributed by atoms with Crippen LogP contribution in [-0.4, -0.2) is 6.29 Å². The molecule has 0 spiro atoms. The predicted molar refractivity (Wildman–Crippen MR) is 77.1 cm³/mol. The first-order valence-electron chi connectivity index (χ1n) is 5.75. The summed E-state index contributed by atoms with van der Waals surface area (Å²) in [6.07, 6.45) is 0.863. The second-order valence-corrected chi connectivity index (χ2v) is 4.65. The minimum atomic E-state index is 0.442. The van der Waals surface area contributed by atoms with E-state index in [1.807, 2.05) is 37.3 Å². The lowest BCUT2D eigenvalue weighted by atomic mass is 9.92. The van der Waals surface area contributed by atoms with E-state index in [2.05, 4.69) is 12.6 Å². The summed E-state index contributed by atoms with van der Waals surface area (Å²) in [7, 11) is 0. The van der Waals surface area contributed by atoms with Crippen molar-refractivity contribution in [2.45, 2.75) is 18.4 Å².